The fourth-order valence-corrected chi connectivity index (χ4v) is 4.59. The molecule has 0 bridgehead atoms. The van der Waals surface area contributed by atoms with Gasteiger partial charge in [0.15, 0.2) is 17.3 Å². The average molecular weight is 448 g/mol. The molecule has 5 rings (SSSR count). The number of carbonyl (C=O) groups excluding carboxylic acids is 1. The molecule has 3 aromatic rings. The molecular formula is C24H24N4O5. The molecule has 2 heterocycles. The number of hydrogen-bond acceptors (Lipinski definition) is 9. The van der Waals surface area contributed by atoms with Crippen LogP contribution in [0.15, 0.2) is 58.4 Å². The topological polar surface area (TPSA) is 108 Å². The maximum atomic E-state index is 13.6. The normalized spacial score (nSPS) is 19.5. The molecule has 2 N–H and O–H groups in total. The lowest BCUT2D eigenvalue weighted by molar-refractivity contribution is -0.116. The molecule has 33 heavy (non-hydrogen) atoms. The smallest absolute Gasteiger partial charge is 0.219 e. The van der Waals surface area contributed by atoms with Crippen molar-refractivity contribution in [1.82, 2.24) is 10.3 Å². The number of ether oxygens (including phenoxy) is 3. The zero-order valence-electron chi connectivity index (χ0n) is 18.5. The molecule has 0 saturated carbocycles. The van der Waals surface area contributed by atoms with E-state index >= 15 is 0 Å². The number of hydrogen-bond donors (Lipinski definition) is 2. The lowest BCUT2D eigenvalue weighted by Crippen LogP contribution is -2.27. The van der Waals surface area contributed by atoms with Gasteiger partial charge in [-0.2, -0.15) is 0 Å². The van der Waals surface area contributed by atoms with Gasteiger partial charge >= 0.3 is 0 Å². The molecule has 1 aliphatic carbocycles. The van der Waals surface area contributed by atoms with Crippen LogP contribution in [0.25, 0.3) is 0 Å². The number of rotatable bonds is 5. The molecule has 0 fully saturated rings. The first kappa shape index (κ1) is 20.9. The second-order valence-corrected chi connectivity index (χ2v) is 7.94. The van der Waals surface area contributed by atoms with Crippen molar-refractivity contribution >= 4 is 17.4 Å². The van der Waals surface area contributed by atoms with E-state index in [1.54, 1.807) is 21.3 Å². The minimum absolute atomic E-state index is 0.0175. The quantitative estimate of drug-likeness (QED) is 0.597. The van der Waals surface area contributed by atoms with Gasteiger partial charge in [0.25, 0.3) is 0 Å². The Morgan fingerprint density at radius 1 is 0.939 bits per heavy atom. The second kappa shape index (κ2) is 8.50. The Morgan fingerprint density at radius 2 is 1.73 bits per heavy atom. The number of carbonyl (C=O) groups is 1. The number of para-hydroxylation sites is 1. The highest BCUT2D eigenvalue weighted by atomic mass is 16.6. The summed E-state index contributed by atoms with van der Waals surface area (Å²) in [6, 6.07) is 12.9. The summed E-state index contributed by atoms with van der Waals surface area (Å²) in [7, 11) is 4.80. The SMILES string of the molecule is COc1ccc([C@H]2CC(=O)C3=C(C2)Nc2nonc2N[C@H]3c2cccc(OC)c2OC)cc1. The third-order valence-corrected chi connectivity index (χ3v) is 6.17. The van der Waals surface area contributed by atoms with Crippen molar-refractivity contribution in [2.75, 3.05) is 32.0 Å². The van der Waals surface area contributed by atoms with E-state index in [1.165, 1.54) is 0 Å². The van der Waals surface area contributed by atoms with Crippen LogP contribution in [0, 0.1) is 0 Å². The number of anilines is 2. The van der Waals surface area contributed by atoms with Crippen molar-refractivity contribution < 1.29 is 23.6 Å². The van der Waals surface area contributed by atoms with E-state index in [0.29, 0.717) is 41.5 Å². The van der Waals surface area contributed by atoms with E-state index in [-0.39, 0.29) is 11.7 Å². The Labute approximate surface area is 190 Å². The van der Waals surface area contributed by atoms with Gasteiger partial charge in [0, 0.05) is 23.3 Å². The van der Waals surface area contributed by atoms with Gasteiger partial charge in [0.1, 0.15) is 5.75 Å². The molecule has 0 radical (unpaired) electrons. The Morgan fingerprint density at radius 3 is 2.45 bits per heavy atom. The summed E-state index contributed by atoms with van der Waals surface area (Å²) < 4.78 is 21.4. The van der Waals surface area contributed by atoms with Gasteiger partial charge in [0.05, 0.1) is 27.4 Å². The van der Waals surface area contributed by atoms with E-state index in [9.17, 15) is 4.79 Å². The molecule has 2 atom stereocenters. The van der Waals surface area contributed by atoms with Gasteiger partial charge in [-0.25, -0.2) is 4.63 Å². The molecule has 2 aliphatic rings. The van der Waals surface area contributed by atoms with Crippen LogP contribution >= 0.6 is 0 Å². The number of nitrogens with one attached hydrogen (secondary N) is 2. The average Bonchev–Trinajstić information content (AvgIpc) is 3.22. The zero-order valence-corrected chi connectivity index (χ0v) is 18.5. The largest absolute Gasteiger partial charge is 0.497 e. The Hall–Kier alpha value is -4.01. The van der Waals surface area contributed by atoms with Crippen LogP contribution in [-0.2, 0) is 4.79 Å². The summed E-state index contributed by atoms with van der Waals surface area (Å²) in [6.45, 7) is 0. The Kier molecular flexibility index (Phi) is 5.37. The van der Waals surface area contributed by atoms with E-state index < -0.39 is 6.04 Å². The van der Waals surface area contributed by atoms with E-state index in [0.717, 1.165) is 22.6 Å². The summed E-state index contributed by atoms with van der Waals surface area (Å²) in [5, 5.41) is 14.6. The first-order valence-corrected chi connectivity index (χ1v) is 10.6. The molecule has 1 aromatic heterocycles. The van der Waals surface area contributed by atoms with Gasteiger partial charge in [-0.3, -0.25) is 4.79 Å². The maximum Gasteiger partial charge on any atom is 0.219 e. The number of nitrogens with zero attached hydrogens (tertiary/aromatic N) is 2. The van der Waals surface area contributed by atoms with Crippen LogP contribution in [0.3, 0.4) is 0 Å². The van der Waals surface area contributed by atoms with Crippen molar-refractivity contribution in [3.63, 3.8) is 0 Å². The van der Waals surface area contributed by atoms with Crippen LogP contribution in [0.5, 0.6) is 17.2 Å². The second-order valence-electron chi connectivity index (χ2n) is 7.94. The van der Waals surface area contributed by atoms with Crippen molar-refractivity contribution in [2.45, 2.75) is 24.8 Å². The lowest BCUT2D eigenvalue weighted by Gasteiger charge is -2.30. The molecule has 170 valence electrons. The van der Waals surface area contributed by atoms with Gasteiger partial charge in [0.2, 0.25) is 11.6 Å². The molecule has 2 aromatic carbocycles. The Bertz CT molecular complexity index is 1220. The molecule has 0 saturated heterocycles. The van der Waals surface area contributed by atoms with Crippen molar-refractivity contribution in [2.24, 2.45) is 0 Å². The summed E-state index contributed by atoms with van der Waals surface area (Å²) in [4.78, 5) is 13.6. The summed E-state index contributed by atoms with van der Waals surface area (Å²) in [5.41, 5.74) is 3.25. The van der Waals surface area contributed by atoms with Crippen LogP contribution < -0.4 is 24.8 Å². The lowest BCUT2D eigenvalue weighted by atomic mass is 9.78. The van der Waals surface area contributed by atoms with Crippen molar-refractivity contribution in [1.29, 1.82) is 0 Å². The minimum Gasteiger partial charge on any atom is -0.497 e. The van der Waals surface area contributed by atoms with Crippen LogP contribution in [-0.4, -0.2) is 37.4 Å². The van der Waals surface area contributed by atoms with Crippen molar-refractivity contribution in [3.05, 3.63) is 64.9 Å². The standard InChI is InChI=1S/C24H24N4O5/c1-30-15-9-7-13(8-10-15)14-11-17-20(18(29)12-14)21(26-24-23(25-17)27-33-28-24)16-5-4-6-19(31-2)22(16)32-3/h4-10,14,21H,11-12H2,1-3H3,(H,25,27)(H,26,28)/t14-,21+/m1/s1. The van der Waals surface area contributed by atoms with Gasteiger partial charge in [-0.1, -0.05) is 24.3 Å². The number of aromatic nitrogens is 2. The highest BCUT2D eigenvalue weighted by Crippen LogP contribution is 2.46. The van der Waals surface area contributed by atoms with Gasteiger partial charge in [-0.05, 0) is 46.4 Å². The Balaban J connectivity index is 1.60. The number of ketones is 1. The van der Waals surface area contributed by atoms with Crippen molar-refractivity contribution in [3.8, 4) is 17.2 Å². The first-order valence-electron chi connectivity index (χ1n) is 10.6. The predicted octanol–water partition coefficient (Wildman–Crippen LogP) is 4.07. The number of Topliss-reactive ketones (excluding diaryl/α,β-unsaturated/α-hetero) is 1. The monoisotopic (exact) mass is 448 g/mol. The molecular weight excluding hydrogens is 424 g/mol. The van der Waals surface area contributed by atoms with Gasteiger partial charge < -0.3 is 24.8 Å². The third-order valence-electron chi connectivity index (χ3n) is 6.17. The van der Waals surface area contributed by atoms with E-state index in [4.69, 9.17) is 18.8 Å². The molecule has 1 aliphatic heterocycles. The number of benzene rings is 2. The van der Waals surface area contributed by atoms with E-state index in [2.05, 4.69) is 20.9 Å². The number of methoxy groups -OCH3 is 3. The highest BCUT2D eigenvalue weighted by molar-refractivity contribution is 6.01. The molecule has 0 unspecified atom stereocenters. The highest BCUT2D eigenvalue weighted by Gasteiger charge is 2.38. The van der Waals surface area contributed by atoms with Crippen LogP contribution in [0.1, 0.15) is 35.9 Å². The zero-order chi connectivity index (χ0) is 22.9. The molecule has 0 amide bonds. The fraction of sp³-hybridized carbons (Fsp3) is 0.292. The summed E-state index contributed by atoms with van der Waals surface area (Å²) in [5.74, 6) is 2.82. The molecule has 0 spiro atoms. The van der Waals surface area contributed by atoms with Crippen LogP contribution in [0.2, 0.25) is 0 Å². The summed E-state index contributed by atoms with van der Waals surface area (Å²) in [6.07, 6.45) is 1.01. The van der Waals surface area contributed by atoms with Gasteiger partial charge in [-0.15, -0.1) is 0 Å². The van der Waals surface area contributed by atoms with Crippen LogP contribution in [0.4, 0.5) is 11.6 Å². The number of fused-ring (bicyclic) bond motifs is 1. The predicted molar refractivity (Wildman–Crippen MR) is 121 cm³/mol. The minimum atomic E-state index is -0.519. The number of allylic oxidation sites excluding steroid dienone is 1. The maximum absolute atomic E-state index is 13.6. The summed E-state index contributed by atoms with van der Waals surface area (Å²) >= 11 is 0. The fourth-order valence-electron chi connectivity index (χ4n) is 4.59. The first-order chi connectivity index (χ1) is 16.1. The molecule has 9 nitrogen and oxygen atoms in total. The van der Waals surface area contributed by atoms with E-state index in [1.807, 2.05) is 42.5 Å². The third kappa shape index (κ3) is 3.65. The molecule has 9 heteroatoms.